The molecule has 2 fully saturated rings. The zero-order chi connectivity index (χ0) is 24.0. The van der Waals surface area contributed by atoms with Crippen molar-refractivity contribution in [1.29, 1.82) is 0 Å². The van der Waals surface area contributed by atoms with Gasteiger partial charge >= 0.3 is 0 Å². The van der Waals surface area contributed by atoms with Crippen LogP contribution in [-0.4, -0.2) is 38.7 Å². The summed E-state index contributed by atoms with van der Waals surface area (Å²) in [6.07, 6.45) is 7.66. The van der Waals surface area contributed by atoms with Crippen LogP contribution in [0.4, 0.5) is 10.7 Å². The second kappa shape index (κ2) is 11.1. The van der Waals surface area contributed by atoms with E-state index in [9.17, 15) is 9.59 Å². The SMILES string of the molecule is O=C1NC(=O)/C(=C/c2ccnc(NC3CCC(CNCc4cccc(-c5ccsc5)n4)CC3)n2)S1. The van der Waals surface area contributed by atoms with Crippen molar-refractivity contribution in [2.24, 2.45) is 5.92 Å². The fourth-order valence-electron chi connectivity index (χ4n) is 4.32. The van der Waals surface area contributed by atoms with Crippen LogP contribution in [0.1, 0.15) is 37.1 Å². The molecular weight excluding hydrogens is 480 g/mol. The van der Waals surface area contributed by atoms with Gasteiger partial charge in [-0.15, -0.1) is 0 Å². The lowest BCUT2D eigenvalue weighted by molar-refractivity contribution is -0.115. The molecule has 2 amide bonds. The van der Waals surface area contributed by atoms with Crippen molar-refractivity contribution in [2.45, 2.75) is 38.3 Å². The number of aromatic nitrogens is 3. The molecule has 35 heavy (non-hydrogen) atoms. The molecule has 8 nitrogen and oxygen atoms in total. The van der Waals surface area contributed by atoms with Crippen molar-refractivity contribution >= 4 is 46.3 Å². The molecule has 0 atom stereocenters. The number of imide groups is 1. The summed E-state index contributed by atoms with van der Waals surface area (Å²) in [6.45, 7) is 1.75. The molecule has 3 N–H and O–H groups in total. The molecule has 0 bridgehead atoms. The molecule has 1 aliphatic heterocycles. The average molecular weight is 507 g/mol. The minimum atomic E-state index is -0.383. The summed E-state index contributed by atoms with van der Waals surface area (Å²) < 4.78 is 0. The first-order valence-electron chi connectivity index (χ1n) is 11.7. The van der Waals surface area contributed by atoms with Gasteiger partial charge in [-0.3, -0.25) is 19.9 Å². The Kier molecular flexibility index (Phi) is 7.51. The normalized spacial score (nSPS) is 21.3. The summed E-state index contributed by atoms with van der Waals surface area (Å²) in [6, 6.07) is 10.4. The van der Waals surface area contributed by atoms with Crippen molar-refractivity contribution in [2.75, 3.05) is 11.9 Å². The molecule has 2 aliphatic rings. The van der Waals surface area contributed by atoms with Crippen molar-refractivity contribution in [3.8, 4) is 11.3 Å². The molecule has 180 valence electrons. The molecule has 3 aromatic rings. The number of carbonyl (C=O) groups is 2. The van der Waals surface area contributed by atoms with Gasteiger partial charge in [0.15, 0.2) is 0 Å². The maximum absolute atomic E-state index is 11.8. The number of nitrogens with zero attached hydrogens (tertiary/aromatic N) is 3. The number of amides is 2. The van der Waals surface area contributed by atoms with Gasteiger partial charge in [0.2, 0.25) is 5.95 Å². The number of anilines is 1. The van der Waals surface area contributed by atoms with Gasteiger partial charge in [-0.1, -0.05) is 6.07 Å². The third-order valence-electron chi connectivity index (χ3n) is 6.14. The number of hydrogen-bond acceptors (Lipinski definition) is 9. The third-order valence-corrected chi connectivity index (χ3v) is 7.63. The second-order valence-corrected chi connectivity index (χ2v) is 10.5. The zero-order valence-corrected chi connectivity index (χ0v) is 20.7. The van der Waals surface area contributed by atoms with Crippen molar-refractivity contribution in [3.63, 3.8) is 0 Å². The van der Waals surface area contributed by atoms with Crippen LogP contribution >= 0.6 is 23.1 Å². The predicted molar refractivity (Wildman–Crippen MR) is 140 cm³/mol. The molecule has 10 heteroatoms. The van der Waals surface area contributed by atoms with Gasteiger partial charge in [-0.25, -0.2) is 9.97 Å². The van der Waals surface area contributed by atoms with Crippen LogP contribution in [0.2, 0.25) is 0 Å². The highest BCUT2D eigenvalue weighted by Crippen LogP contribution is 2.27. The third kappa shape index (κ3) is 6.33. The van der Waals surface area contributed by atoms with E-state index in [-0.39, 0.29) is 11.1 Å². The molecule has 0 unspecified atom stereocenters. The average Bonchev–Trinajstić information content (AvgIpc) is 3.51. The van der Waals surface area contributed by atoms with E-state index in [0.717, 1.165) is 61.9 Å². The molecule has 1 saturated heterocycles. The van der Waals surface area contributed by atoms with Crippen molar-refractivity contribution in [3.05, 3.63) is 63.6 Å². The van der Waals surface area contributed by atoms with Crippen LogP contribution in [0, 0.1) is 5.92 Å². The van der Waals surface area contributed by atoms with Crippen LogP contribution in [-0.2, 0) is 11.3 Å². The second-order valence-electron chi connectivity index (χ2n) is 8.68. The highest BCUT2D eigenvalue weighted by Gasteiger charge is 2.25. The van der Waals surface area contributed by atoms with E-state index in [4.69, 9.17) is 4.98 Å². The number of pyridine rings is 1. The van der Waals surface area contributed by atoms with Crippen LogP contribution in [0.3, 0.4) is 0 Å². The van der Waals surface area contributed by atoms with Gasteiger partial charge in [0, 0.05) is 29.7 Å². The summed E-state index contributed by atoms with van der Waals surface area (Å²) >= 11 is 2.57. The monoisotopic (exact) mass is 506 g/mol. The van der Waals surface area contributed by atoms with E-state index in [0.29, 0.717) is 28.5 Å². The van der Waals surface area contributed by atoms with E-state index < -0.39 is 0 Å². The number of nitrogens with one attached hydrogen (secondary N) is 3. The Labute approximate surface area is 212 Å². The van der Waals surface area contributed by atoms with Crippen LogP contribution in [0.15, 0.2) is 52.2 Å². The first kappa shape index (κ1) is 23.7. The van der Waals surface area contributed by atoms with E-state index >= 15 is 0 Å². The highest BCUT2D eigenvalue weighted by atomic mass is 32.2. The van der Waals surface area contributed by atoms with Gasteiger partial charge in [-0.2, -0.15) is 11.3 Å². The maximum Gasteiger partial charge on any atom is 0.290 e. The smallest absolute Gasteiger partial charge is 0.290 e. The van der Waals surface area contributed by atoms with Gasteiger partial charge < -0.3 is 10.6 Å². The molecule has 0 radical (unpaired) electrons. The van der Waals surface area contributed by atoms with Crippen molar-refractivity contribution < 1.29 is 9.59 Å². The first-order valence-corrected chi connectivity index (χ1v) is 13.4. The lowest BCUT2D eigenvalue weighted by atomic mass is 9.86. The van der Waals surface area contributed by atoms with Crippen LogP contribution in [0.25, 0.3) is 17.3 Å². The van der Waals surface area contributed by atoms with Crippen LogP contribution in [0.5, 0.6) is 0 Å². The number of carbonyl (C=O) groups excluding carboxylic acids is 2. The fourth-order valence-corrected chi connectivity index (χ4v) is 5.64. The maximum atomic E-state index is 11.8. The summed E-state index contributed by atoms with van der Waals surface area (Å²) in [7, 11) is 0. The van der Waals surface area contributed by atoms with Gasteiger partial charge in [0.05, 0.1) is 22.0 Å². The molecule has 1 saturated carbocycles. The molecule has 0 aromatic carbocycles. The Hall–Kier alpha value is -3.08. The Balaban J connectivity index is 1.07. The molecule has 1 aliphatic carbocycles. The fraction of sp³-hybridized carbons (Fsp3) is 0.320. The Morgan fingerprint density at radius 1 is 1.09 bits per heavy atom. The van der Waals surface area contributed by atoms with Crippen molar-refractivity contribution in [1.82, 2.24) is 25.6 Å². The Bertz CT molecular complexity index is 1220. The van der Waals surface area contributed by atoms with Crippen LogP contribution < -0.4 is 16.0 Å². The zero-order valence-electron chi connectivity index (χ0n) is 19.1. The number of rotatable bonds is 8. The first-order chi connectivity index (χ1) is 17.1. The standard InChI is InChI=1S/C25H26N6O2S2/c32-23-22(35-25(33)31-23)12-19-8-10-27-24(30-19)29-18-6-4-16(5-7-18)13-26-14-20-2-1-3-21(28-20)17-9-11-34-15-17/h1-3,8-12,15-16,18,26H,4-7,13-14H2,(H,27,29,30)(H,31,32,33)/b22-12-. The topological polar surface area (TPSA) is 109 Å². The van der Waals surface area contributed by atoms with Gasteiger partial charge in [0.25, 0.3) is 11.1 Å². The Morgan fingerprint density at radius 3 is 2.74 bits per heavy atom. The summed E-state index contributed by atoms with van der Waals surface area (Å²) in [5.74, 6) is 0.804. The van der Waals surface area contributed by atoms with E-state index in [2.05, 4.69) is 60.9 Å². The van der Waals surface area contributed by atoms with Gasteiger partial charge in [-0.05, 0) is 85.6 Å². The summed E-state index contributed by atoms with van der Waals surface area (Å²) in [5, 5.41) is 13.1. The molecule has 5 rings (SSSR count). The number of hydrogen-bond donors (Lipinski definition) is 3. The number of thiophene rings is 1. The summed E-state index contributed by atoms with van der Waals surface area (Å²) in [4.78, 5) is 37.0. The quantitative estimate of drug-likeness (QED) is 0.378. The van der Waals surface area contributed by atoms with Gasteiger partial charge in [0.1, 0.15) is 0 Å². The molecule has 3 aromatic heterocycles. The lowest BCUT2D eigenvalue weighted by Gasteiger charge is -2.29. The minimum absolute atomic E-state index is 0.323. The highest BCUT2D eigenvalue weighted by molar-refractivity contribution is 8.18. The predicted octanol–water partition coefficient (Wildman–Crippen LogP) is 4.68. The molecular formula is C25H26N6O2S2. The lowest BCUT2D eigenvalue weighted by Crippen LogP contribution is -2.31. The van der Waals surface area contributed by atoms with E-state index in [1.54, 1.807) is 29.7 Å². The molecule has 4 heterocycles. The summed E-state index contributed by atoms with van der Waals surface area (Å²) in [5.41, 5.74) is 3.86. The van der Waals surface area contributed by atoms with E-state index in [1.165, 1.54) is 5.56 Å². The Morgan fingerprint density at radius 2 is 1.97 bits per heavy atom. The largest absolute Gasteiger partial charge is 0.351 e. The molecule has 0 spiro atoms. The number of thioether (sulfide) groups is 1. The van der Waals surface area contributed by atoms with E-state index in [1.807, 2.05) is 0 Å². The minimum Gasteiger partial charge on any atom is -0.351 e.